The minimum atomic E-state index is -0.382. The number of carbonyl (C=O) groups is 1. The smallest absolute Gasteiger partial charge is 0.314 e. The predicted molar refractivity (Wildman–Crippen MR) is 111 cm³/mol. The fourth-order valence-electron chi connectivity index (χ4n) is 3.79. The molecule has 2 aliphatic rings. The van der Waals surface area contributed by atoms with Gasteiger partial charge in [-0.1, -0.05) is 32.6 Å². The topological polar surface area (TPSA) is 85.9 Å². The Hall–Kier alpha value is -3.38. The van der Waals surface area contributed by atoms with E-state index in [-0.39, 0.29) is 28.4 Å². The summed E-state index contributed by atoms with van der Waals surface area (Å²) in [5.74, 6) is -0.0415. The molecule has 1 heterocycles. The van der Waals surface area contributed by atoms with E-state index in [0.717, 1.165) is 43.2 Å². The molecule has 0 spiro atoms. The third kappa shape index (κ3) is 3.67. The lowest BCUT2D eigenvalue weighted by atomic mass is 9.76. The lowest BCUT2D eigenvalue weighted by molar-refractivity contribution is 0.101. The third-order valence-electron chi connectivity index (χ3n) is 6.00. The molecule has 146 valence electrons. The average molecular weight is 385 g/mol. The van der Waals surface area contributed by atoms with Gasteiger partial charge in [-0.25, -0.2) is 4.98 Å². The van der Waals surface area contributed by atoms with Crippen molar-refractivity contribution in [2.45, 2.75) is 51.4 Å². The molecular weight excluding hydrogens is 362 g/mol. The molecule has 2 aromatic rings. The van der Waals surface area contributed by atoms with Crippen LogP contribution in [-0.4, -0.2) is 15.9 Å². The number of imidazole rings is 1. The van der Waals surface area contributed by atoms with Gasteiger partial charge in [0, 0.05) is 11.3 Å². The Kier molecular flexibility index (Phi) is 4.51. The molecule has 0 aliphatic heterocycles. The van der Waals surface area contributed by atoms with Crippen molar-refractivity contribution >= 4 is 23.0 Å². The number of allylic oxidation sites excluding steroid dienone is 2. The fourth-order valence-corrected chi connectivity index (χ4v) is 3.79. The van der Waals surface area contributed by atoms with E-state index in [1.807, 2.05) is 12.1 Å². The van der Waals surface area contributed by atoms with E-state index in [9.17, 15) is 10.1 Å². The monoisotopic (exact) mass is 385 g/mol. The van der Waals surface area contributed by atoms with Crippen LogP contribution in [0.15, 0.2) is 30.5 Å². The molecule has 1 aromatic carbocycles. The largest absolute Gasteiger partial charge is 0.363 e. The van der Waals surface area contributed by atoms with Crippen LogP contribution < -0.4 is 5.32 Å². The Bertz CT molecular complexity index is 1090. The van der Waals surface area contributed by atoms with E-state index >= 15 is 0 Å². The zero-order valence-corrected chi connectivity index (χ0v) is 16.7. The second-order valence-electron chi connectivity index (χ2n) is 8.73. The van der Waals surface area contributed by atoms with Crippen LogP contribution >= 0.6 is 0 Å². The molecule has 0 atom stereocenters. The number of H-pyrrole nitrogens is 1. The van der Waals surface area contributed by atoms with Crippen LogP contribution in [0.4, 0.5) is 11.5 Å². The number of carbonyl (C=O) groups excluding carboxylic acids is 1. The molecule has 2 aliphatic carbocycles. The van der Waals surface area contributed by atoms with Crippen LogP contribution in [0.1, 0.15) is 67.7 Å². The molecule has 4 rings (SSSR count). The van der Waals surface area contributed by atoms with Crippen molar-refractivity contribution in [3.8, 4) is 6.07 Å². The second-order valence-corrected chi connectivity index (χ2v) is 8.73. The Morgan fingerprint density at radius 2 is 2.14 bits per heavy atom. The molecule has 0 saturated heterocycles. The van der Waals surface area contributed by atoms with Gasteiger partial charge in [-0.15, -0.1) is 0 Å². The van der Waals surface area contributed by atoms with Crippen LogP contribution in [0.3, 0.4) is 0 Å². The molecule has 6 nitrogen and oxygen atoms in total. The number of benzene rings is 1. The summed E-state index contributed by atoms with van der Waals surface area (Å²) in [5.41, 5.74) is 3.81. The number of anilines is 1. The first-order chi connectivity index (χ1) is 13.9. The van der Waals surface area contributed by atoms with E-state index < -0.39 is 0 Å². The highest BCUT2D eigenvalue weighted by molar-refractivity contribution is 6.03. The van der Waals surface area contributed by atoms with Gasteiger partial charge in [0.1, 0.15) is 0 Å². The molecule has 1 fully saturated rings. The highest BCUT2D eigenvalue weighted by Gasteiger charge is 2.45. The van der Waals surface area contributed by atoms with Gasteiger partial charge < -0.3 is 10.2 Å². The lowest BCUT2D eigenvalue weighted by Gasteiger charge is -2.29. The summed E-state index contributed by atoms with van der Waals surface area (Å²) >= 11 is 0. The number of nitrogens with zero attached hydrogens (tertiary/aromatic N) is 3. The molecular formula is C23H23N5O. The molecule has 1 aromatic heterocycles. The molecule has 29 heavy (non-hydrogen) atoms. The minimum Gasteiger partial charge on any atom is -0.363 e. The van der Waals surface area contributed by atoms with Crippen molar-refractivity contribution in [1.82, 2.24) is 9.97 Å². The van der Waals surface area contributed by atoms with Crippen LogP contribution in [0, 0.1) is 23.3 Å². The molecule has 0 bridgehead atoms. The van der Waals surface area contributed by atoms with Crippen molar-refractivity contribution in [2.24, 2.45) is 5.41 Å². The maximum Gasteiger partial charge on any atom is 0.314 e. The first kappa shape index (κ1) is 19.0. The predicted octanol–water partition coefficient (Wildman–Crippen LogP) is 5.36. The summed E-state index contributed by atoms with van der Waals surface area (Å²) in [6.45, 7) is 11.5. The van der Waals surface area contributed by atoms with E-state index in [0.29, 0.717) is 5.69 Å². The van der Waals surface area contributed by atoms with Crippen LogP contribution in [-0.2, 0) is 5.41 Å². The first-order valence-electron chi connectivity index (χ1n) is 9.85. The quantitative estimate of drug-likeness (QED) is 0.695. The summed E-state index contributed by atoms with van der Waals surface area (Å²) in [7, 11) is 0. The maximum atomic E-state index is 12.7. The summed E-state index contributed by atoms with van der Waals surface area (Å²) in [5, 5.41) is 12.5. The van der Waals surface area contributed by atoms with Crippen molar-refractivity contribution in [2.75, 3.05) is 5.32 Å². The van der Waals surface area contributed by atoms with Crippen LogP contribution in [0.2, 0.25) is 0 Å². The molecule has 2 N–H and O–H groups in total. The van der Waals surface area contributed by atoms with Crippen molar-refractivity contribution < 1.29 is 4.79 Å². The Labute approximate surface area is 170 Å². The minimum absolute atomic E-state index is 0.112. The van der Waals surface area contributed by atoms with E-state index in [2.05, 4.69) is 52.2 Å². The van der Waals surface area contributed by atoms with Crippen molar-refractivity contribution in [1.29, 1.82) is 5.26 Å². The number of nitriles is 1. The Morgan fingerprint density at radius 3 is 2.72 bits per heavy atom. The van der Waals surface area contributed by atoms with Gasteiger partial charge in [-0.3, -0.25) is 9.78 Å². The van der Waals surface area contributed by atoms with Crippen LogP contribution in [0.5, 0.6) is 0 Å². The van der Waals surface area contributed by atoms with Crippen molar-refractivity contribution in [3.63, 3.8) is 0 Å². The summed E-state index contributed by atoms with van der Waals surface area (Å²) in [6, 6.07) is 8.36. The zero-order valence-electron chi connectivity index (χ0n) is 16.7. The van der Waals surface area contributed by atoms with Gasteiger partial charge in [-0.2, -0.15) is 5.26 Å². The Morgan fingerprint density at radius 1 is 1.34 bits per heavy atom. The van der Waals surface area contributed by atoms with Gasteiger partial charge in [-0.05, 0) is 60.8 Å². The van der Waals surface area contributed by atoms with Crippen LogP contribution in [0.25, 0.3) is 10.4 Å². The molecule has 1 amide bonds. The maximum absolute atomic E-state index is 12.7. The zero-order chi connectivity index (χ0) is 20.6. The number of nitrogens with one attached hydrogen (secondary N) is 2. The highest BCUT2D eigenvalue weighted by Crippen LogP contribution is 2.49. The van der Waals surface area contributed by atoms with Crippen molar-refractivity contribution in [3.05, 3.63) is 58.8 Å². The standard InChI is InChI=1S/C23H23N5O/c1-22(2)8-6-15(7-9-22)17-12-16(23(14-24)10-11-23)4-5-18(17)27-21(29)20-26-13-19(25-3)28-20/h4-6,12-13H,7-11H2,1-2H3,(H,26,28)(H,27,29). The van der Waals surface area contributed by atoms with Gasteiger partial charge in [0.25, 0.3) is 5.82 Å². The normalized spacial score (nSPS) is 18.8. The van der Waals surface area contributed by atoms with Gasteiger partial charge in [0.15, 0.2) is 0 Å². The second kappa shape index (κ2) is 6.90. The number of aromatic amines is 1. The fraction of sp³-hybridized carbons (Fsp3) is 0.391. The first-order valence-corrected chi connectivity index (χ1v) is 9.85. The number of amides is 1. The van der Waals surface area contributed by atoms with Gasteiger partial charge >= 0.3 is 5.91 Å². The van der Waals surface area contributed by atoms with E-state index in [1.165, 1.54) is 11.8 Å². The highest BCUT2D eigenvalue weighted by atomic mass is 16.2. The summed E-state index contributed by atoms with van der Waals surface area (Å²) < 4.78 is 0. The lowest BCUT2D eigenvalue weighted by Crippen LogP contribution is -2.17. The van der Waals surface area contributed by atoms with E-state index in [1.54, 1.807) is 0 Å². The summed E-state index contributed by atoms with van der Waals surface area (Å²) in [4.78, 5) is 22.6. The number of aromatic nitrogens is 2. The Balaban J connectivity index is 1.69. The number of hydrogen-bond donors (Lipinski definition) is 2. The average Bonchev–Trinajstić information content (AvgIpc) is 3.36. The molecule has 6 heteroatoms. The van der Waals surface area contributed by atoms with Gasteiger partial charge in [0.2, 0.25) is 5.82 Å². The summed E-state index contributed by atoms with van der Waals surface area (Å²) in [6.07, 6.45) is 8.36. The van der Waals surface area contributed by atoms with E-state index in [4.69, 9.17) is 6.57 Å². The van der Waals surface area contributed by atoms with Gasteiger partial charge in [0.05, 0.1) is 17.7 Å². The number of rotatable bonds is 4. The number of hydrogen-bond acceptors (Lipinski definition) is 3. The molecule has 0 unspecified atom stereocenters. The molecule has 1 saturated carbocycles. The third-order valence-corrected chi connectivity index (χ3v) is 6.00. The SMILES string of the molecule is [C-]#[N+]c1cnc(C(=O)Nc2ccc(C3(C#N)CC3)cc2C2=CCC(C)(C)CC2)[nH]1. The molecule has 0 radical (unpaired) electrons.